The van der Waals surface area contributed by atoms with Crippen molar-refractivity contribution in [3.63, 3.8) is 0 Å². The summed E-state index contributed by atoms with van der Waals surface area (Å²) in [4.78, 5) is 11.7. The van der Waals surface area contributed by atoms with Gasteiger partial charge in [0.1, 0.15) is 12.4 Å². The first-order chi connectivity index (χ1) is 14.2. The first-order valence-electron chi connectivity index (χ1n) is 9.71. The van der Waals surface area contributed by atoms with E-state index in [1.165, 1.54) is 0 Å². The maximum absolute atomic E-state index is 11.7. The van der Waals surface area contributed by atoms with Gasteiger partial charge in [0.15, 0.2) is 0 Å². The summed E-state index contributed by atoms with van der Waals surface area (Å²) in [5.74, 6) is 0.803. The van der Waals surface area contributed by atoms with Gasteiger partial charge < -0.3 is 20.5 Å². The van der Waals surface area contributed by atoms with Crippen molar-refractivity contribution in [3.05, 3.63) is 90.0 Å². The summed E-state index contributed by atoms with van der Waals surface area (Å²) in [6, 6.07) is 25.7. The summed E-state index contributed by atoms with van der Waals surface area (Å²) in [6.45, 7) is 1.81. The fourth-order valence-corrected chi connectivity index (χ4v) is 2.83. The first-order valence-corrected chi connectivity index (χ1v) is 9.71. The number of nitrogens with two attached hydrogens (primary N) is 1. The Bertz CT molecular complexity index is 896. The maximum Gasteiger partial charge on any atom is 0.407 e. The molecule has 0 aromatic heterocycles. The largest absolute Gasteiger partial charge is 0.494 e. The van der Waals surface area contributed by atoms with E-state index in [1.807, 2.05) is 60.7 Å². The third-order valence-corrected chi connectivity index (χ3v) is 4.43. The Morgan fingerprint density at radius 1 is 0.862 bits per heavy atom. The summed E-state index contributed by atoms with van der Waals surface area (Å²) in [5.41, 5.74) is 9.93. The number of amides is 1. The van der Waals surface area contributed by atoms with Crippen LogP contribution >= 0.6 is 0 Å². The molecule has 29 heavy (non-hydrogen) atoms. The normalized spacial score (nSPS) is 10.4. The number of rotatable bonds is 9. The number of nitrogens with one attached hydrogen (secondary N) is 1. The second-order valence-electron chi connectivity index (χ2n) is 6.62. The lowest BCUT2D eigenvalue weighted by atomic mass is 10.0. The van der Waals surface area contributed by atoms with Crippen LogP contribution in [0.15, 0.2) is 78.9 Å². The number of alkyl carbamates (subject to hydrolysis) is 1. The standard InChI is InChI=1S/C24H26N2O3/c25-17-19-10-12-21(13-11-19)22-8-4-9-23(16-22)28-15-5-14-26-24(27)29-18-20-6-2-1-3-7-20/h1-4,6-13,16H,5,14-15,17-18,25H2,(H,26,27). The molecule has 0 radical (unpaired) electrons. The fraction of sp³-hybridized carbons (Fsp3) is 0.208. The van der Waals surface area contributed by atoms with Crippen LogP contribution in [-0.2, 0) is 17.9 Å². The zero-order valence-corrected chi connectivity index (χ0v) is 16.3. The van der Waals surface area contributed by atoms with E-state index in [9.17, 15) is 4.79 Å². The molecule has 5 nitrogen and oxygen atoms in total. The van der Waals surface area contributed by atoms with Gasteiger partial charge in [0.25, 0.3) is 0 Å². The highest BCUT2D eigenvalue weighted by Crippen LogP contribution is 2.24. The molecule has 150 valence electrons. The van der Waals surface area contributed by atoms with Crippen molar-refractivity contribution in [2.24, 2.45) is 5.73 Å². The molecule has 0 aliphatic heterocycles. The molecule has 3 rings (SSSR count). The molecule has 1 amide bonds. The van der Waals surface area contributed by atoms with Gasteiger partial charge in [-0.25, -0.2) is 4.79 Å². The van der Waals surface area contributed by atoms with Crippen LogP contribution in [0.5, 0.6) is 5.75 Å². The van der Waals surface area contributed by atoms with E-state index in [4.69, 9.17) is 15.2 Å². The zero-order valence-electron chi connectivity index (χ0n) is 16.3. The monoisotopic (exact) mass is 390 g/mol. The molecule has 3 aromatic rings. The zero-order chi connectivity index (χ0) is 20.3. The third kappa shape index (κ3) is 6.66. The predicted octanol–water partition coefficient (Wildman–Crippen LogP) is 4.51. The Labute approximate surface area is 171 Å². The molecule has 0 bridgehead atoms. The van der Waals surface area contributed by atoms with E-state index >= 15 is 0 Å². The van der Waals surface area contributed by atoms with Gasteiger partial charge in [-0.3, -0.25) is 0 Å². The molecular formula is C24H26N2O3. The number of hydrogen-bond donors (Lipinski definition) is 2. The first kappa shape index (κ1) is 20.4. The van der Waals surface area contributed by atoms with Crippen molar-refractivity contribution < 1.29 is 14.3 Å². The molecule has 3 aromatic carbocycles. The van der Waals surface area contributed by atoms with E-state index in [-0.39, 0.29) is 6.61 Å². The quantitative estimate of drug-likeness (QED) is 0.527. The second-order valence-corrected chi connectivity index (χ2v) is 6.62. The van der Waals surface area contributed by atoms with Gasteiger partial charge in [-0.2, -0.15) is 0 Å². The van der Waals surface area contributed by atoms with E-state index in [0.717, 1.165) is 28.0 Å². The molecule has 3 N–H and O–H groups in total. The van der Waals surface area contributed by atoms with Gasteiger partial charge >= 0.3 is 6.09 Å². The van der Waals surface area contributed by atoms with Crippen molar-refractivity contribution in [2.75, 3.05) is 13.2 Å². The number of carbonyl (C=O) groups excluding carboxylic acids is 1. The topological polar surface area (TPSA) is 73.6 Å². The van der Waals surface area contributed by atoms with Crippen LogP contribution < -0.4 is 15.8 Å². The lowest BCUT2D eigenvalue weighted by molar-refractivity contribution is 0.139. The van der Waals surface area contributed by atoms with Crippen molar-refractivity contribution in [3.8, 4) is 16.9 Å². The van der Waals surface area contributed by atoms with Crippen molar-refractivity contribution in [1.82, 2.24) is 5.32 Å². The highest BCUT2D eigenvalue weighted by molar-refractivity contribution is 5.67. The second kappa shape index (κ2) is 10.9. The Balaban J connectivity index is 1.37. The van der Waals surface area contributed by atoms with Gasteiger partial charge in [0.05, 0.1) is 6.61 Å². The Hall–Kier alpha value is -3.31. The van der Waals surface area contributed by atoms with Gasteiger partial charge in [0, 0.05) is 13.1 Å². The molecule has 0 aliphatic rings. The van der Waals surface area contributed by atoms with E-state index in [1.54, 1.807) is 0 Å². The van der Waals surface area contributed by atoms with Crippen molar-refractivity contribution in [1.29, 1.82) is 0 Å². The Morgan fingerprint density at radius 3 is 2.41 bits per heavy atom. The van der Waals surface area contributed by atoms with Gasteiger partial charge in [0.2, 0.25) is 0 Å². The van der Waals surface area contributed by atoms with Crippen LogP contribution in [0.2, 0.25) is 0 Å². The Morgan fingerprint density at radius 2 is 1.66 bits per heavy atom. The maximum atomic E-state index is 11.7. The molecule has 0 heterocycles. The highest BCUT2D eigenvalue weighted by Gasteiger charge is 2.03. The van der Waals surface area contributed by atoms with Gasteiger partial charge in [-0.15, -0.1) is 0 Å². The van der Waals surface area contributed by atoms with Gasteiger partial charge in [-0.1, -0.05) is 66.7 Å². The molecule has 0 spiro atoms. The summed E-state index contributed by atoms with van der Waals surface area (Å²) < 4.78 is 11.0. The molecule has 0 aliphatic carbocycles. The minimum atomic E-state index is -0.420. The number of hydrogen-bond acceptors (Lipinski definition) is 4. The number of benzene rings is 3. The average molecular weight is 390 g/mol. The minimum Gasteiger partial charge on any atom is -0.494 e. The fourth-order valence-electron chi connectivity index (χ4n) is 2.83. The molecule has 0 unspecified atom stereocenters. The predicted molar refractivity (Wildman–Crippen MR) is 115 cm³/mol. The summed E-state index contributed by atoms with van der Waals surface area (Å²) in [7, 11) is 0. The molecular weight excluding hydrogens is 364 g/mol. The summed E-state index contributed by atoms with van der Waals surface area (Å²) in [5, 5.41) is 2.74. The van der Waals surface area contributed by atoms with Crippen LogP contribution in [0.3, 0.4) is 0 Å². The Kier molecular flexibility index (Phi) is 7.66. The number of carbonyl (C=O) groups is 1. The van der Waals surface area contributed by atoms with Crippen LogP contribution in [0.4, 0.5) is 4.79 Å². The molecule has 0 atom stereocenters. The van der Waals surface area contributed by atoms with Crippen LogP contribution in [0.25, 0.3) is 11.1 Å². The summed E-state index contributed by atoms with van der Waals surface area (Å²) >= 11 is 0. The van der Waals surface area contributed by atoms with E-state index in [2.05, 4.69) is 23.5 Å². The van der Waals surface area contributed by atoms with Crippen LogP contribution in [0.1, 0.15) is 17.5 Å². The lowest BCUT2D eigenvalue weighted by Crippen LogP contribution is -2.26. The molecule has 0 saturated carbocycles. The molecule has 0 fully saturated rings. The third-order valence-electron chi connectivity index (χ3n) is 4.43. The van der Waals surface area contributed by atoms with Crippen LogP contribution in [-0.4, -0.2) is 19.2 Å². The van der Waals surface area contributed by atoms with Gasteiger partial charge in [-0.05, 0) is 40.8 Å². The highest BCUT2D eigenvalue weighted by atomic mass is 16.5. The van der Waals surface area contributed by atoms with Crippen molar-refractivity contribution >= 4 is 6.09 Å². The van der Waals surface area contributed by atoms with E-state index < -0.39 is 6.09 Å². The molecule has 0 saturated heterocycles. The molecule has 5 heteroatoms. The van der Waals surface area contributed by atoms with Crippen molar-refractivity contribution in [2.45, 2.75) is 19.6 Å². The van der Waals surface area contributed by atoms with Crippen LogP contribution in [0, 0.1) is 0 Å². The smallest absolute Gasteiger partial charge is 0.407 e. The lowest BCUT2D eigenvalue weighted by Gasteiger charge is -2.10. The summed E-state index contributed by atoms with van der Waals surface area (Å²) in [6.07, 6.45) is 0.271. The van der Waals surface area contributed by atoms with E-state index in [0.29, 0.717) is 26.1 Å². The average Bonchev–Trinajstić information content (AvgIpc) is 2.78. The minimum absolute atomic E-state index is 0.266. The number of ether oxygens (including phenoxy) is 2. The SMILES string of the molecule is NCc1ccc(-c2cccc(OCCCNC(=O)OCc3ccccc3)c2)cc1.